The lowest BCUT2D eigenvalue weighted by molar-refractivity contribution is -0.137. The van der Waals surface area contributed by atoms with Gasteiger partial charge in [-0.2, -0.15) is 0 Å². The first-order chi connectivity index (χ1) is 8.58. The van der Waals surface area contributed by atoms with Crippen molar-refractivity contribution < 1.29 is 14.6 Å². The average Bonchev–Trinajstić information content (AvgIpc) is 2.33. The van der Waals surface area contributed by atoms with Crippen LogP contribution in [-0.4, -0.2) is 48.3 Å². The molecule has 0 radical (unpaired) electrons. The van der Waals surface area contributed by atoms with Gasteiger partial charge in [0.25, 0.3) is 0 Å². The van der Waals surface area contributed by atoms with E-state index in [1.807, 2.05) is 0 Å². The van der Waals surface area contributed by atoms with Crippen molar-refractivity contribution in [1.29, 1.82) is 0 Å². The van der Waals surface area contributed by atoms with E-state index in [0.29, 0.717) is 18.4 Å². The van der Waals surface area contributed by atoms with E-state index >= 15 is 0 Å². The van der Waals surface area contributed by atoms with E-state index in [0.717, 1.165) is 51.9 Å². The lowest BCUT2D eigenvalue weighted by Gasteiger charge is -2.32. The molecule has 1 aliphatic rings. The summed E-state index contributed by atoms with van der Waals surface area (Å²) in [4.78, 5) is 12.8. The lowest BCUT2D eigenvalue weighted by atomic mass is 10.1. The molecule has 0 aliphatic carbocycles. The molecule has 114 valence electrons. The predicted octanol–water partition coefficient (Wildman–Crippen LogP) is 2.80. The highest BCUT2D eigenvalue weighted by atomic mass is 35.5. The molecule has 0 aromatic carbocycles. The normalized spacial score (nSPS) is 17.4. The maximum Gasteiger partial charge on any atom is 0.303 e. The third-order valence-corrected chi connectivity index (χ3v) is 3.31. The highest BCUT2D eigenvalue weighted by Crippen LogP contribution is 2.15. The van der Waals surface area contributed by atoms with E-state index < -0.39 is 5.97 Å². The Balaban J connectivity index is 0.00000324. The van der Waals surface area contributed by atoms with Crippen molar-refractivity contribution in [1.82, 2.24) is 4.90 Å². The van der Waals surface area contributed by atoms with Crippen molar-refractivity contribution in [3.63, 3.8) is 0 Å². The molecule has 1 fully saturated rings. The van der Waals surface area contributed by atoms with Gasteiger partial charge in [-0.1, -0.05) is 13.8 Å². The number of nitrogens with zero attached hydrogens (tertiary/aromatic N) is 1. The number of aliphatic carboxylic acids is 1. The third kappa shape index (κ3) is 9.25. The number of carboxylic acids is 1. The Morgan fingerprint density at radius 2 is 1.95 bits per heavy atom. The summed E-state index contributed by atoms with van der Waals surface area (Å²) in [5.74, 6) is -0.0742. The molecule has 0 unspecified atom stereocenters. The second kappa shape index (κ2) is 10.5. The Bertz CT molecular complexity index is 241. The van der Waals surface area contributed by atoms with Crippen LogP contribution in [0.1, 0.15) is 46.0 Å². The number of likely N-dealkylation sites (tertiary alicyclic amines) is 1. The molecule has 1 heterocycles. The van der Waals surface area contributed by atoms with Gasteiger partial charge in [-0.15, -0.1) is 12.4 Å². The monoisotopic (exact) mass is 293 g/mol. The predicted molar refractivity (Wildman–Crippen MR) is 79.0 cm³/mol. The van der Waals surface area contributed by atoms with Crippen LogP contribution in [0.4, 0.5) is 0 Å². The fourth-order valence-corrected chi connectivity index (χ4v) is 2.24. The topological polar surface area (TPSA) is 49.8 Å². The zero-order valence-electron chi connectivity index (χ0n) is 12.1. The van der Waals surface area contributed by atoms with Crippen LogP contribution >= 0.6 is 12.4 Å². The molecule has 0 amide bonds. The van der Waals surface area contributed by atoms with E-state index in [4.69, 9.17) is 9.84 Å². The molecule has 0 atom stereocenters. The van der Waals surface area contributed by atoms with Gasteiger partial charge in [-0.25, -0.2) is 0 Å². The third-order valence-electron chi connectivity index (χ3n) is 3.31. The van der Waals surface area contributed by atoms with Crippen LogP contribution in [0.2, 0.25) is 0 Å². The van der Waals surface area contributed by atoms with Crippen LogP contribution in [0.15, 0.2) is 0 Å². The van der Waals surface area contributed by atoms with Crippen molar-refractivity contribution in [2.24, 2.45) is 5.92 Å². The molecule has 5 heteroatoms. The first kappa shape index (κ1) is 18.7. The molecular weight excluding hydrogens is 266 g/mol. The molecule has 0 aromatic heterocycles. The van der Waals surface area contributed by atoms with Crippen molar-refractivity contribution in [3.05, 3.63) is 0 Å². The molecule has 1 rings (SSSR count). The van der Waals surface area contributed by atoms with E-state index in [9.17, 15) is 4.79 Å². The second-order valence-electron chi connectivity index (χ2n) is 5.62. The van der Waals surface area contributed by atoms with Gasteiger partial charge in [0.2, 0.25) is 0 Å². The molecule has 1 aliphatic heterocycles. The molecule has 19 heavy (non-hydrogen) atoms. The zero-order valence-corrected chi connectivity index (χ0v) is 13.0. The maximum absolute atomic E-state index is 10.4. The standard InChI is InChI=1S/C14H27NO3.ClH/c1-12(2)11-18-13-6-9-15(10-7-13)8-4-3-5-14(16)17;/h12-13H,3-11H2,1-2H3,(H,16,17);1H. The minimum absolute atomic E-state index is 0. The highest BCUT2D eigenvalue weighted by Gasteiger charge is 2.19. The van der Waals surface area contributed by atoms with Crippen molar-refractivity contribution in [3.8, 4) is 0 Å². The summed E-state index contributed by atoms with van der Waals surface area (Å²) in [5, 5.41) is 8.56. The summed E-state index contributed by atoms with van der Waals surface area (Å²) in [6.07, 6.45) is 4.75. The minimum Gasteiger partial charge on any atom is -0.481 e. The van der Waals surface area contributed by atoms with E-state index in [1.165, 1.54) is 0 Å². The van der Waals surface area contributed by atoms with Crippen molar-refractivity contribution in [2.75, 3.05) is 26.2 Å². The average molecular weight is 294 g/mol. The summed E-state index contributed by atoms with van der Waals surface area (Å²) in [6, 6.07) is 0. The second-order valence-corrected chi connectivity index (χ2v) is 5.62. The van der Waals surface area contributed by atoms with E-state index in [2.05, 4.69) is 18.7 Å². The Morgan fingerprint density at radius 3 is 2.47 bits per heavy atom. The smallest absolute Gasteiger partial charge is 0.303 e. The molecule has 0 saturated carbocycles. The number of carbonyl (C=O) groups is 1. The van der Waals surface area contributed by atoms with E-state index in [-0.39, 0.29) is 12.4 Å². The minimum atomic E-state index is -0.684. The molecule has 0 aromatic rings. The Kier molecular flexibility index (Phi) is 10.3. The summed E-state index contributed by atoms with van der Waals surface area (Å²) in [5.41, 5.74) is 0. The SMILES string of the molecule is CC(C)COC1CCN(CCCCC(=O)O)CC1.Cl. The van der Waals surface area contributed by atoms with E-state index in [1.54, 1.807) is 0 Å². The number of piperidine rings is 1. The highest BCUT2D eigenvalue weighted by molar-refractivity contribution is 5.85. The molecule has 0 bridgehead atoms. The van der Waals surface area contributed by atoms with Crippen molar-refractivity contribution in [2.45, 2.75) is 52.1 Å². The Morgan fingerprint density at radius 1 is 1.32 bits per heavy atom. The van der Waals surface area contributed by atoms with Gasteiger partial charge in [0.1, 0.15) is 0 Å². The van der Waals surface area contributed by atoms with Gasteiger partial charge in [-0.05, 0) is 38.1 Å². The number of rotatable bonds is 8. The summed E-state index contributed by atoms with van der Waals surface area (Å²) in [7, 11) is 0. The summed E-state index contributed by atoms with van der Waals surface area (Å²) < 4.78 is 5.85. The Labute approximate surface area is 122 Å². The molecule has 1 saturated heterocycles. The number of hydrogen-bond acceptors (Lipinski definition) is 3. The summed E-state index contributed by atoms with van der Waals surface area (Å²) >= 11 is 0. The van der Waals surface area contributed by atoms with Gasteiger partial charge >= 0.3 is 5.97 Å². The fourth-order valence-electron chi connectivity index (χ4n) is 2.24. The zero-order chi connectivity index (χ0) is 13.4. The number of hydrogen-bond donors (Lipinski definition) is 1. The maximum atomic E-state index is 10.4. The fraction of sp³-hybridized carbons (Fsp3) is 0.929. The molecule has 4 nitrogen and oxygen atoms in total. The van der Waals surface area contributed by atoms with Gasteiger partial charge in [0.15, 0.2) is 0 Å². The van der Waals surface area contributed by atoms with Crippen molar-refractivity contribution >= 4 is 18.4 Å². The first-order valence-electron chi connectivity index (χ1n) is 7.13. The number of halogens is 1. The molecular formula is C14H28ClNO3. The molecule has 1 N–H and O–H groups in total. The van der Waals surface area contributed by atoms with Crippen LogP contribution < -0.4 is 0 Å². The number of unbranched alkanes of at least 4 members (excludes halogenated alkanes) is 1. The van der Waals surface area contributed by atoms with Gasteiger partial charge in [0, 0.05) is 26.1 Å². The lowest BCUT2D eigenvalue weighted by Crippen LogP contribution is -2.37. The van der Waals surface area contributed by atoms with Gasteiger partial charge in [-0.3, -0.25) is 4.79 Å². The number of carboxylic acid groups (broad SMARTS) is 1. The van der Waals surface area contributed by atoms with Crippen LogP contribution in [0, 0.1) is 5.92 Å². The van der Waals surface area contributed by atoms with Gasteiger partial charge < -0.3 is 14.7 Å². The largest absolute Gasteiger partial charge is 0.481 e. The molecule has 0 spiro atoms. The van der Waals surface area contributed by atoms with Gasteiger partial charge in [0.05, 0.1) is 6.10 Å². The van der Waals surface area contributed by atoms with Crippen LogP contribution in [0.3, 0.4) is 0 Å². The van der Waals surface area contributed by atoms with Crippen LogP contribution in [0.5, 0.6) is 0 Å². The van der Waals surface area contributed by atoms with Crippen LogP contribution in [-0.2, 0) is 9.53 Å². The van der Waals surface area contributed by atoms with Crippen LogP contribution in [0.25, 0.3) is 0 Å². The summed E-state index contributed by atoms with van der Waals surface area (Å²) in [6.45, 7) is 8.44. The first-order valence-corrected chi connectivity index (χ1v) is 7.13. The Hall–Kier alpha value is -0.320. The number of ether oxygens (including phenoxy) is 1. The quantitative estimate of drug-likeness (QED) is 0.699.